The maximum absolute atomic E-state index is 13.0. The number of nitrogens with one attached hydrogen (secondary N) is 1. The zero-order valence-electron chi connectivity index (χ0n) is 16.0. The summed E-state index contributed by atoms with van der Waals surface area (Å²) in [6.07, 6.45) is 1.75. The van der Waals surface area contributed by atoms with Crippen LogP contribution in [0, 0.1) is 6.92 Å². The van der Waals surface area contributed by atoms with E-state index in [2.05, 4.69) is 20.6 Å². The number of aryl methyl sites for hydroxylation is 1. The van der Waals surface area contributed by atoms with Gasteiger partial charge >= 0.3 is 0 Å². The number of methoxy groups -OCH3 is 1. The SMILES string of the molecule is COc1cccc(-c2nn(Cc3ccccc3)cc2C(=O)Nc2nnc(C)s2)c1. The second-order valence-corrected chi connectivity index (χ2v) is 7.57. The van der Waals surface area contributed by atoms with Gasteiger partial charge in [0.25, 0.3) is 5.91 Å². The summed E-state index contributed by atoms with van der Waals surface area (Å²) in [6, 6.07) is 17.5. The summed E-state index contributed by atoms with van der Waals surface area (Å²) >= 11 is 1.33. The number of rotatable bonds is 6. The molecule has 8 heteroatoms. The molecule has 0 saturated carbocycles. The molecule has 4 aromatic rings. The molecule has 0 aliphatic heterocycles. The average molecular weight is 405 g/mol. The van der Waals surface area contributed by atoms with E-state index < -0.39 is 0 Å². The molecule has 2 aromatic heterocycles. The smallest absolute Gasteiger partial charge is 0.261 e. The predicted molar refractivity (Wildman–Crippen MR) is 112 cm³/mol. The van der Waals surface area contributed by atoms with Gasteiger partial charge in [-0.2, -0.15) is 5.10 Å². The quantitative estimate of drug-likeness (QED) is 0.524. The molecule has 1 amide bonds. The van der Waals surface area contributed by atoms with Gasteiger partial charge in [-0.1, -0.05) is 53.8 Å². The molecule has 4 rings (SSSR count). The number of carbonyl (C=O) groups is 1. The summed E-state index contributed by atoms with van der Waals surface area (Å²) < 4.78 is 7.09. The van der Waals surface area contributed by atoms with Crippen molar-refractivity contribution in [1.29, 1.82) is 0 Å². The first-order valence-electron chi connectivity index (χ1n) is 8.99. The highest BCUT2D eigenvalue weighted by Crippen LogP contribution is 2.27. The summed E-state index contributed by atoms with van der Waals surface area (Å²) in [7, 11) is 1.61. The van der Waals surface area contributed by atoms with Gasteiger partial charge in [-0.15, -0.1) is 10.2 Å². The Hall–Kier alpha value is -3.52. The summed E-state index contributed by atoms with van der Waals surface area (Å²) in [5.41, 5.74) is 2.94. The molecule has 0 saturated heterocycles. The molecule has 0 aliphatic carbocycles. The van der Waals surface area contributed by atoms with Crippen molar-refractivity contribution in [3.05, 3.63) is 76.9 Å². The van der Waals surface area contributed by atoms with Gasteiger partial charge in [0.05, 0.1) is 19.2 Å². The van der Waals surface area contributed by atoms with Crippen molar-refractivity contribution in [2.24, 2.45) is 0 Å². The highest BCUT2D eigenvalue weighted by Gasteiger charge is 2.20. The zero-order valence-corrected chi connectivity index (χ0v) is 16.8. The van der Waals surface area contributed by atoms with Gasteiger partial charge in [0.15, 0.2) is 0 Å². The minimum absolute atomic E-state index is 0.279. The zero-order chi connectivity index (χ0) is 20.2. The van der Waals surface area contributed by atoms with Crippen LogP contribution in [0.3, 0.4) is 0 Å². The second-order valence-electron chi connectivity index (χ2n) is 6.39. The molecule has 0 spiro atoms. The monoisotopic (exact) mass is 405 g/mol. The Morgan fingerprint density at radius 2 is 1.97 bits per heavy atom. The molecule has 0 aliphatic rings. The Labute approximate surface area is 172 Å². The summed E-state index contributed by atoms with van der Waals surface area (Å²) in [6.45, 7) is 2.40. The summed E-state index contributed by atoms with van der Waals surface area (Å²) in [5.74, 6) is 0.421. The van der Waals surface area contributed by atoms with E-state index >= 15 is 0 Å². The minimum Gasteiger partial charge on any atom is -0.497 e. The van der Waals surface area contributed by atoms with E-state index in [1.165, 1.54) is 11.3 Å². The molecular formula is C21H19N5O2S. The topological polar surface area (TPSA) is 81.9 Å². The number of anilines is 1. The molecule has 29 heavy (non-hydrogen) atoms. The normalized spacial score (nSPS) is 10.7. The lowest BCUT2D eigenvalue weighted by atomic mass is 10.1. The van der Waals surface area contributed by atoms with Gasteiger partial charge in [0, 0.05) is 11.8 Å². The van der Waals surface area contributed by atoms with Crippen LogP contribution in [0.5, 0.6) is 5.75 Å². The minimum atomic E-state index is -0.279. The highest BCUT2D eigenvalue weighted by atomic mass is 32.1. The molecule has 146 valence electrons. The first kappa shape index (κ1) is 18.8. The van der Waals surface area contributed by atoms with Gasteiger partial charge in [-0.25, -0.2) is 0 Å². The standard InChI is InChI=1S/C21H19N5O2S/c1-14-23-24-21(29-14)22-20(27)18-13-26(12-15-7-4-3-5-8-15)25-19(18)16-9-6-10-17(11-16)28-2/h3-11,13H,12H2,1-2H3,(H,22,24,27). The van der Waals surface area contributed by atoms with Crippen LogP contribution in [-0.4, -0.2) is 33.0 Å². The molecule has 0 fully saturated rings. The lowest BCUT2D eigenvalue weighted by molar-refractivity contribution is 0.102. The molecule has 2 aromatic carbocycles. The van der Waals surface area contributed by atoms with Crippen LogP contribution in [0.25, 0.3) is 11.3 Å². The van der Waals surface area contributed by atoms with Crippen molar-refractivity contribution in [2.75, 3.05) is 12.4 Å². The third kappa shape index (κ3) is 4.33. The van der Waals surface area contributed by atoms with Crippen LogP contribution in [0.2, 0.25) is 0 Å². The number of amides is 1. The predicted octanol–water partition coefficient (Wildman–Crippen LogP) is 4.02. The van der Waals surface area contributed by atoms with Gasteiger partial charge in [-0.05, 0) is 24.6 Å². The van der Waals surface area contributed by atoms with E-state index in [1.807, 2.05) is 61.5 Å². The van der Waals surface area contributed by atoms with Gasteiger partial charge in [0.2, 0.25) is 5.13 Å². The van der Waals surface area contributed by atoms with Crippen molar-refractivity contribution in [3.63, 3.8) is 0 Å². The largest absolute Gasteiger partial charge is 0.497 e. The average Bonchev–Trinajstić information content (AvgIpc) is 3.35. The van der Waals surface area contributed by atoms with E-state index in [1.54, 1.807) is 18.0 Å². The fraction of sp³-hybridized carbons (Fsp3) is 0.143. The Morgan fingerprint density at radius 1 is 1.14 bits per heavy atom. The van der Waals surface area contributed by atoms with E-state index in [9.17, 15) is 4.79 Å². The van der Waals surface area contributed by atoms with Crippen LogP contribution in [0.1, 0.15) is 20.9 Å². The van der Waals surface area contributed by atoms with Crippen molar-refractivity contribution in [3.8, 4) is 17.0 Å². The number of nitrogens with zero attached hydrogens (tertiary/aromatic N) is 4. The van der Waals surface area contributed by atoms with E-state index in [4.69, 9.17) is 4.74 Å². The lowest BCUT2D eigenvalue weighted by Gasteiger charge is -2.05. The number of carbonyl (C=O) groups excluding carboxylic acids is 1. The van der Waals surface area contributed by atoms with Gasteiger partial charge in [0.1, 0.15) is 16.5 Å². The first-order valence-corrected chi connectivity index (χ1v) is 9.81. The van der Waals surface area contributed by atoms with E-state index in [0.717, 1.165) is 16.1 Å². The first-order chi connectivity index (χ1) is 14.1. The van der Waals surface area contributed by atoms with E-state index in [0.29, 0.717) is 28.7 Å². The van der Waals surface area contributed by atoms with Crippen LogP contribution in [-0.2, 0) is 6.54 Å². The Bertz CT molecular complexity index is 1140. The van der Waals surface area contributed by atoms with Crippen molar-refractivity contribution in [1.82, 2.24) is 20.0 Å². The van der Waals surface area contributed by atoms with E-state index in [-0.39, 0.29) is 5.91 Å². The van der Waals surface area contributed by atoms with Gasteiger partial charge in [-0.3, -0.25) is 14.8 Å². The third-order valence-electron chi connectivity index (χ3n) is 4.28. The Kier molecular flexibility index (Phi) is 5.35. The van der Waals surface area contributed by atoms with Crippen LogP contribution in [0.15, 0.2) is 60.8 Å². The fourth-order valence-electron chi connectivity index (χ4n) is 2.93. The van der Waals surface area contributed by atoms with Gasteiger partial charge < -0.3 is 4.74 Å². The van der Waals surface area contributed by atoms with Crippen molar-refractivity contribution in [2.45, 2.75) is 13.5 Å². The number of ether oxygens (including phenoxy) is 1. The van der Waals surface area contributed by atoms with Crippen LogP contribution >= 0.6 is 11.3 Å². The highest BCUT2D eigenvalue weighted by molar-refractivity contribution is 7.15. The third-order valence-corrected chi connectivity index (χ3v) is 5.04. The van der Waals surface area contributed by atoms with Crippen LogP contribution in [0.4, 0.5) is 5.13 Å². The lowest BCUT2D eigenvalue weighted by Crippen LogP contribution is -2.12. The number of hydrogen-bond donors (Lipinski definition) is 1. The molecule has 0 bridgehead atoms. The molecule has 0 unspecified atom stereocenters. The molecular weight excluding hydrogens is 386 g/mol. The molecule has 7 nitrogen and oxygen atoms in total. The Morgan fingerprint density at radius 3 is 2.69 bits per heavy atom. The molecule has 1 N–H and O–H groups in total. The maximum Gasteiger partial charge on any atom is 0.261 e. The van der Waals surface area contributed by atoms with Crippen LogP contribution < -0.4 is 10.1 Å². The number of hydrogen-bond acceptors (Lipinski definition) is 6. The molecule has 0 radical (unpaired) electrons. The Balaban J connectivity index is 1.71. The van der Waals surface area contributed by atoms with Crippen molar-refractivity contribution >= 4 is 22.4 Å². The summed E-state index contributed by atoms with van der Waals surface area (Å²) in [5, 5.41) is 16.7. The molecule has 0 atom stereocenters. The van der Waals surface area contributed by atoms with Crippen molar-refractivity contribution < 1.29 is 9.53 Å². The fourth-order valence-corrected chi connectivity index (χ4v) is 3.52. The number of benzene rings is 2. The summed E-state index contributed by atoms with van der Waals surface area (Å²) in [4.78, 5) is 13.0. The molecule has 2 heterocycles. The second kappa shape index (κ2) is 8.24. The number of aromatic nitrogens is 4. The maximum atomic E-state index is 13.0.